The van der Waals surface area contributed by atoms with E-state index in [1.807, 2.05) is 0 Å². The van der Waals surface area contributed by atoms with Crippen LogP contribution in [0.5, 0.6) is 0 Å². The standard InChI is InChI=1S/C14H17N5/c1-10-3-2-4-11(7-10)8-15-13-9-16-19-14(18-13)17-12-5-6-12/h2-4,7,9,12H,5-6,8H2,1H3,(H2,15,17,18,19). The van der Waals surface area contributed by atoms with E-state index in [0.717, 1.165) is 12.4 Å². The molecule has 2 aromatic rings. The van der Waals surface area contributed by atoms with Crippen LogP contribution in [-0.4, -0.2) is 21.2 Å². The maximum Gasteiger partial charge on any atom is 0.244 e. The van der Waals surface area contributed by atoms with Crippen LogP contribution in [0.15, 0.2) is 30.5 Å². The summed E-state index contributed by atoms with van der Waals surface area (Å²) in [6, 6.07) is 8.94. The van der Waals surface area contributed by atoms with Crippen LogP contribution in [0.4, 0.5) is 11.8 Å². The summed E-state index contributed by atoms with van der Waals surface area (Å²) in [5, 5.41) is 14.4. The van der Waals surface area contributed by atoms with Gasteiger partial charge in [-0.2, -0.15) is 10.1 Å². The van der Waals surface area contributed by atoms with Crippen LogP contribution in [0.2, 0.25) is 0 Å². The van der Waals surface area contributed by atoms with E-state index in [1.54, 1.807) is 6.20 Å². The minimum Gasteiger partial charge on any atom is -0.365 e. The Kier molecular flexibility index (Phi) is 3.27. The van der Waals surface area contributed by atoms with Crippen molar-refractivity contribution in [3.05, 3.63) is 41.6 Å². The highest BCUT2D eigenvalue weighted by molar-refractivity contribution is 5.39. The molecule has 1 heterocycles. The van der Waals surface area contributed by atoms with Crippen molar-refractivity contribution in [2.24, 2.45) is 0 Å². The molecular formula is C14H17N5. The number of benzene rings is 1. The Balaban J connectivity index is 1.62. The Morgan fingerprint density at radius 2 is 2.21 bits per heavy atom. The molecule has 5 heteroatoms. The maximum absolute atomic E-state index is 4.39. The Labute approximate surface area is 112 Å². The molecule has 1 aromatic heterocycles. The zero-order chi connectivity index (χ0) is 13.1. The molecule has 98 valence electrons. The van der Waals surface area contributed by atoms with E-state index in [1.165, 1.54) is 24.0 Å². The van der Waals surface area contributed by atoms with Gasteiger partial charge in [-0.3, -0.25) is 0 Å². The summed E-state index contributed by atoms with van der Waals surface area (Å²) in [5.41, 5.74) is 2.49. The lowest BCUT2D eigenvalue weighted by Gasteiger charge is -2.07. The molecule has 0 amide bonds. The predicted octanol–water partition coefficient (Wildman–Crippen LogP) is 2.37. The third-order valence-corrected chi connectivity index (χ3v) is 3.03. The first-order valence-corrected chi connectivity index (χ1v) is 6.55. The van der Waals surface area contributed by atoms with Gasteiger partial charge in [-0.05, 0) is 25.3 Å². The van der Waals surface area contributed by atoms with E-state index in [-0.39, 0.29) is 0 Å². The van der Waals surface area contributed by atoms with E-state index in [2.05, 4.69) is 57.0 Å². The molecule has 1 fully saturated rings. The van der Waals surface area contributed by atoms with E-state index in [9.17, 15) is 0 Å². The lowest BCUT2D eigenvalue weighted by Crippen LogP contribution is -2.09. The van der Waals surface area contributed by atoms with Crippen molar-refractivity contribution >= 4 is 11.8 Å². The molecule has 19 heavy (non-hydrogen) atoms. The van der Waals surface area contributed by atoms with Gasteiger partial charge in [0.15, 0.2) is 5.82 Å². The molecule has 0 unspecified atom stereocenters. The predicted molar refractivity (Wildman–Crippen MR) is 75.0 cm³/mol. The summed E-state index contributed by atoms with van der Waals surface area (Å²) >= 11 is 0. The van der Waals surface area contributed by atoms with Gasteiger partial charge in [0.05, 0.1) is 6.20 Å². The quantitative estimate of drug-likeness (QED) is 0.858. The maximum atomic E-state index is 4.39. The van der Waals surface area contributed by atoms with Gasteiger partial charge in [0.2, 0.25) is 5.95 Å². The van der Waals surface area contributed by atoms with Gasteiger partial charge in [-0.25, -0.2) is 0 Å². The lowest BCUT2D eigenvalue weighted by molar-refractivity contribution is 0.936. The lowest BCUT2D eigenvalue weighted by atomic mass is 10.1. The van der Waals surface area contributed by atoms with Gasteiger partial charge in [0, 0.05) is 12.6 Å². The van der Waals surface area contributed by atoms with Gasteiger partial charge in [0.1, 0.15) is 0 Å². The Morgan fingerprint density at radius 1 is 1.32 bits per heavy atom. The van der Waals surface area contributed by atoms with Crippen LogP contribution in [-0.2, 0) is 6.54 Å². The molecule has 0 bridgehead atoms. The minimum atomic E-state index is 0.536. The number of rotatable bonds is 5. The number of hydrogen-bond acceptors (Lipinski definition) is 5. The molecule has 3 rings (SSSR count). The molecule has 2 N–H and O–H groups in total. The highest BCUT2D eigenvalue weighted by Crippen LogP contribution is 2.22. The molecule has 0 atom stereocenters. The van der Waals surface area contributed by atoms with E-state index in [4.69, 9.17) is 0 Å². The highest BCUT2D eigenvalue weighted by Gasteiger charge is 2.22. The first kappa shape index (κ1) is 11.9. The van der Waals surface area contributed by atoms with Gasteiger partial charge in [0.25, 0.3) is 0 Å². The number of aryl methyl sites for hydroxylation is 1. The summed E-state index contributed by atoms with van der Waals surface area (Å²) in [5.74, 6) is 1.36. The average molecular weight is 255 g/mol. The minimum absolute atomic E-state index is 0.536. The van der Waals surface area contributed by atoms with Crippen LogP contribution in [0, 0.1) is 6.92 Å². The molecule has 1 aliphatic rings. The smallest absolute Gasteiger partial charge is 0.244 e. The van der Waals surface area contributed by atoms with Crippen molar-refractivity contribution < 1.29 is 0 Å². The summed E-state index contributed by atoms with van der Waals surface area (Å²) in [4.78, 5) is 4.39. The molecule has 1 saturated carbocycles. The number of hydrogen-bond donors (Lipinski definition) is 2. The van der Waals surface area contributed by atoms with Crippen molar-refractivity contribution in [3.63, 3.8) is 0 Å². The van der Waals surface area contributed by atoms with E-state index in [0.29, 0.717) is 12.0 Å². The first-order valence-electron chi connectivity index (χ1n) is 6.55. The zero-order valence-corrected chi connectivity index (χ0v) is 10.9. The van der Waals surface area contributed by atoms with E-state index >= 15 is 0 Å². The summed E-state index contributed by atoms with van der Waals surface area (Å²) < 4.78 is 0. The highest BCUT2D eigenvalue weighted by atomic mass is 15.3. The molecule has 1 aromatic carbocycles. The molecule has 0 radical (unpaired) electrons. The van der Waals surface area contributed by atoms with Gasteiger partial charge >= 0.3 is 0 Å². The molecule has 1 aliphatic carbocycles. The molecule has 0 aliphatic heterocycles. The second-order valence-corrected chi connectivity index (χ2v) is 4.93. The average Bonchev–Trinajstić information content (AvgIpc) is 3.21. The fourth-order valence-electron chi connectivity index (χ4n) is 1.87. The molecule has 5 nitrogen and oxygen atoms in total. The Hall–Kier alpha value is -2.17. The molecule has 0 saturated heterocycles. The fourth-order valence-corrected chi connectivity index (χ4v) is 1.87. The first-order chi connectivity index (χ1) is 9.29. The Morgan fingerprint density at radius 3 is 3.00 bits per heavy atom. The number of nitrogens with one attached hydrogen (secondary N) is 2. The second kappa shape index (κ2) is 5.22. The van der Waals surface area contributed by atoms with Crippen molar-refractivity contribution in [2.75, 3.05) is 10.6 Å². The summed E-state index contributed by atoms with van der Waals surface area (Å²) in [6.07, 6.45) is 4.04. The number of anilines is 2. The second-order valence-electron chi connectivity index (χ2n) is 4.93. The number of nitrogens with zero attached hydrogens (tertiary/aromatic N) is 3. The Bertz CT molecular complexity index is 565. The van der Waals surface area contributed by atoms with Gasteiger partial charge < -0.3 is 10.6 Å². The van der Waals surface area contributed by atoms with Crippen molar-refractivity contribution in [1.29, 1.82) is 0 Å². The third kappa shape index (κ3) is 3.40. The summed E-state index contributed by atoms with van der Waals surface area (Å²) in [7, 11) is 0. The third-order valence-electron chi connectivity index (χ3n) is 3.03. The van der Waals surface area contributed by atoms with Crippen LogP contribution in [0.25, 0.3) is 0 Å². The SMILES string of the molecule is Cc1cccc(CNc2cnnc(NC3CC3)n2)c1. The largest absolute Gasteiger partial charge is 0.365 e. The monoisotopic (exact) mass is 255 g/mol. The van der Waals surface area contributed by atoms with Crippen molar-refractivity contribution in [1.82, 2.24) is 15.2 Å². The normalized spacial score (nSPS) is 14.2. The molecule has 0 spiro atoms. The van der Waals surface area contributed by atoms with Gasteiger partial charge in [-0.15, -0.1) is 5.10 Å². The summed E-state index contributed by atoms with van der Waals surface area (Å²) in [6.45, 7) is 2.83. The van der Waals surface area contributed by atoms with E-state index < -0.39 is 0 Å². The van der Waals surface area contributed by atoms with Crippen LogP contribution >= 0.6 is 0 Å². The van der Waals surface area contributed by atoms with Crippen molar-refractivity contribution in [3.8, 4) is 0 Å². The zero-order valence-electron chi connectivity index (χ0n) is 10.9. The van der Waals surface area contributed by atoms with Gasteiger partial charge in [-0.1, -0.05) is 29.8 Å². The van der Waals surface area contributed by atoms with Crippen molar-refractivity contribution in [2.45, 2.75) is 32.4 Å². The topological polar surface area (TPSA) is 62.7 Å². The molecular weight excluding hydrogens is 238 g/mol. The van der Waals surface area contributed by atoms with Crippen LogP contribution < -0.4 is 10.6 Å². The number of aromatic nitrogens is 3. The van der Waals surface area contributed by atoms with Crippen LogP contribution in [0.1, 0.15) is 24.0 Å². The van der Waals surface area contributed by atoms with Crippen LogP contribution in [0.3, 0.4) is 0 Å². The fraction of sp³-hybridized carbons (Fsp3) is 0.357.